The summed E-state index contributed by atoms with van der Waals surface area (Å²) in [5.74, 6) is 1.63. The van der Waals surface area contributed by atoms with E-state index in [1.54, 1.807) is 6.20 Å². The minimum absolute atomic E-state index is 0.147. The Morgan fingerprint density at radius 3 is 2.45 bits per heavy atom. The van der Waals surface area contributed by atoms with E-state index in [1.807, 2.05) is 66.9 Å². The lowest BCUT2D eigenvalue weighted by molar-refractivity contribution is 0.484. The molecule has 110 valence electrons. The van der Waals surface area contributed by atoms with E-state index < -0.39 is 0 Å². The highest BCUT2D eigenvalue weighted by atomic mass is 16.5. The van der Waals surface area contributed by atoms with Crippen molar-refractivity contribution in [2.45, 2.75) is 13.0 Å². The fraction of sp³-hybridized carbons (Fsp3) is 0.105. The summed E-state index contributed by atoms with van der Waals surface area (Å²) in [5.41, 5.74) is 2.10. The molecule has 3 rings (SSSR count). The number of anilines is 1. The Morgan fingerprint density at radius 2 is 1.68 bits per heavy atom. The zero-order valence-electron chi connectivity index (χ0n) is 12.4. The van der Waals surface area contributed by atoms with Crippen molar-refractivity contribution in [1.29, 1.82) is 0 Å². The molecule has 3 heteroatoms. The summed E-state index contributed by atoms with van der Waals surface area (Å²) in [6, 6.07) is 21.9. The highest BCUT2D eigenvalue weighted by Crippen LogP contribution is 2.31. The van der Waals surface area contributed by atoms with Gasteiger partial charge in [-0.1, -0.05) is 36.4 Å². The van der Waals surface area contributed by atoms with Gasteiger partial charge in [-0.3, -0.25) is 4.98 Å². The topological polar surface area (TPSA) is 34.1 Å². The number of benzene rings is 2. The molecule has 3 nitrogen and oxygen atoms in total. The van der Waals surface area contributed by atoms with Gasteiger partial charge < -0.3 is 10.1 Å². The monoisotopic (exact) mass is 290 g/mol. The van der Waals surface area contributed by atoms with Gasteiger partial charge in [0.1, 0.15) is 5.75 Å². The van der Waals surface area contributed by atoms with Crippen molar-refractivity contribution in [2.24, 2.45) is 0 Å². The summed E-state index contributed by atoms with van der Waals surface area (Å²) in [7, 11) is 0. The van der Waals surface area contributed by atoms with Crippen LogP contribution in [0.3, 0.4) is 0 Å². The zero-order chi connectivity index (χ0) is 15.2. The lowest BCUT2D eigenvalue weighted by Crippen LogP contribution is -2.07. The molecule has 1 atom stereocenters. The molecule has 2 aromatic carbocycles. The molecule has 22 heavy (non-hydrogen) atoms. The lowest BCUT2D eigenvalue weighted by atomic mass is 10.1. The number of ether oxygens (including phenoxy) is 1. The fourth-order valence-electron chi connectivity index (χ4n) is 2.24. The predicted octanol–water partition coefficient (Wildman–Crippen LogP) is 5.05. The summed E-state index contributed by atoms with van der Waals surface area (Å²) in [6.45, 7) is 2.11. The molecule has 0 amide bonds. The number of aromatic nitrogens is 1. The third kappa shape index (κ3) is 3.44. The quantitative estimate of drug-likeness (QED) is 0.714. The highest BCUT2D eigenvalue weighted by molar-refractivity contribution is 5.58. The van der Waals surface area contributed by atoms with Gasteiger partial charge in [-0.05, 0) is 42.8 Å². The summed E-state index contributed by atoms with van der Waals surface area (Å²) in [6.07, 6.45) is 3.65. The second-order valence-electron chi connectivity index (χ2n) is 5.06. The minimum atomic E-state index is 0.147. The van der Waals surface area contributed by atoms with E-state index in [1.165, 1.54) is 0 Å². The summed E-state index contributed by atoms with van der Waals surface area (Å²) >= 11 is 0. The molecule has 0 aliphatic rings. The Balaban J connectivity index is 1.79. The largest absolute Gasteiger partial charge is 0.455 e. The number of hydrogen-bond donors (Lipinski definition) is 1. The molecule has 1 aromatic heterocycles. The Labute approximate surface area is 130 Å². The van der Waals surface area contributed by atoms with Gasteiger partial charge in [0.25, 0.3) is 0 Å². The first-order valence-electron chi connectivity index (χ1n) is 7.31. The maximum Gasteiger partial charge on any atom is 0.150 e. The van der Waals surface area contributed by atoms with E-state index in [0.29, 0.717) is 0 Å². The van der Waals surface area contributed by atoms with E-state index in [-0.39, 0.29) is 6.04 Å². The predicted molar refractivity (Wildman–Crippen MR) is 89.2 cm³/mol. The Kier molecular flexibility index (Phi) is 4.35. The van der Waals surface area contributed by atoms with E-state index in [4.69, 9.17) is 4.74 Å². The molecule has 0 fully saturated rings. The molecule has 1 heterocycles. The van der Waals surface area contributed by atoms with Crippen molar-refractivity contribution in [2.75, 3.05) is 5.32 Å². The van der Waals surface area contributed by atoms with Crippen LogP contribution >= 0.6 is 0 Å². The van der Waals surface area contributed by atoms with Crippen LogP contribution in [0.5, 0.6) is 11.5 Å². The fourth-order valence-corrected chi connectivity index (χ4v) is 2.24. The van der Waals surface area contributed by atoms with Crippen molar-refractivity contribution in [3.63, 3.8) is 0 Å². The van der Waals surface area contributed by atoms with Crippen LogP contribution in [-0.4, -0.2) is 4.98 Å². The van der Waals surface area contributed by atoms with Crippen LogP contribution in [0.2, 0.25) is 0 Å². The molecule has 0 saturated heterocycles. The molecule has 0 aliphatic carbocycles. The van der Waals surface area contributed by atoms with E-state index >= 15 is 0 Å². The average Bonchev–Trinajstić information content (AvgIpc) is 2.58. The van der Waals surface area contributed by atoms with Crippen LogP contribution in [0, 0.1) is 0 Å². The molecule has 0 aliphatic heterocycles. The van der Waals surface area contributed by atoms with Crippen LogP contribution in [0.1, 0.15) is 18.5 Å². The second-order valence-corrected chi connectivity index (χ2v) is 5.06. The third-order valence-corrected chi connectivity index (χ3v) is 3.41. The van der Waals surface area contributed by atoms with Crippen LogP contribution in [0.25, 0.3) is 0 Å². The summed E-state index contributed by atoms with van der Waals surface area (Å²) in [4.78, 5) is 4.17. The molecule has 3 aromatic rings. The standard InChI is InChI=1S/C19H18N2O/c1-15(16-8-7-13-20-14-16)21-18-11-5-6-12-19(18)22-17-9-3-2-4-10-17/h2-15,21H,1H3. The zero-order valence-corrected chi connectivity index (χ0v) is 12.4. The smallest absolute Gasteiger partial charge is 0.150 e. The Bertz CT molecular complexity index is 714. The van der Waals surface area contributed by atoms with E-state index in [0.717, 1.165) is 22.7 Å². The number of nitrogens with one attached hydrogen (secondary N) is 1. The maximum atomic E-state index is 5.97. The van der Waals surface area contributed by atoms with Crippen LogP contribution in [-0.2, 0) is 0 Å². The first-order valence-corrected chi connectivity index (χ1v) is 7.31. The molecule has 0 radical (unpaired) electrons. The molecule has 1 N–H and O–H groups in total. The van der Waals surface area contributed by atoms with Crippen molar-refractivity contribution in [1.82, 2.24) is 4.98 Å². The van der Waals surface area contributed by atoms with Gasteiger partial charge in [-0.2, -0.15) is 0 Å². The normalized spacial score (nSPS) is 11.7. The second kappa shape index (κ2) is 6.76. The number of nitrogens with zero attached hydrogens (tertiary/aromatic N) is 1. The highest BCUT2D eigenvalue weighted by Gasteiger charge is 2.09. The van der Waals surface area contributed by atoms with E-state index in [2.05, 4.69) is 23.3 Å². The number of rotatable bonds is 5. The molecule has 0 saturated carbocycles. The van der Waals surface area contributed by atoms with Gasteiger partial charge in [0.15, 0.2) is 5.75 Å². The number of para-hydroxylation sites is 3. The van der Waals surface area contributed by atoms with Crippen LogP contribution < -0.4 is 10.1 Å². The van der Waals surface area contributed by atoms with Gasteiger partial charge in [0.2, 0.25) is 0 Å². The van der Waals surface area contributed by atoms with Gasteiger partial charge in [-0.25, -0.2) is 0 Å². The number of hydrogen-bond acceptors (Lipinski definition) is 3. The first kappa shape index (κ1) is 14.1. The van der Waals surface area contributed by atoms with Gasteiger partial charge in [0.05, 0.1) is 11.7 Å². The first-order chi connectivity index (χ1) is 10.8. The molecular formula is C19H18N2O. The Morgan fingerprint density at radius 1 is 0.909 bits per heavy atom. The molecule has 0 spiro atoms. The van der Waals surface area contributed by atoms with Crippen molar-refractivity contribution < 1.29 is 4.74 Å². The van der Waals surface area contributed by atoms with Crippen molar-refractivity contribution in [3.05, 3.63) is 84.7 Å². The molecule has 1 unspecified atom stereocenters. The third-order valence-electron chi connectivity index (χ3n) is 3.41. The lowest BCUT2D eigenvalue weighted by Gasteiger charge is -2.18. The molecule has 0 bridgehead atoms. The van der Waals surface area contributed by atoms with Crippen molar-refractivity contribution in [3.8, 4) is 11.5 Å². The van der Waals surface area contributed by atoms with Gasteiger partial charge >= 0.3 is 0 Å². The minimum Gasteiger partial charge on any atom is -0.455 e. The van der Waals surface area contributed by atoms with Crippen LogP contribution in [0.15, 0.2) is 79.1 Å². The van der Waals surface area contributed by atoms with Gasteiger partial charge in [0, 0.05) is 12.4 Å². The summed E-state index contributed by atoms with van der Waals surface area (Å²) < 4.78 is 5.97. The van der Waals surface area contributed by atoms with Crippen molar-refractivity contribution >= 4 is 5.69 Å². The van der Waals surface area contributed by atoms with Crippen LogP contribution in [0.4, 0.5) is 5.69 Å². The SMILES string of the molecule is CC(Nc1ccccc1Oc1ccccc1)c1cccnc1. The number of pyridine rings is 1. The van der Waals surface area contributed by atoms with Gasteiger partial charge in [-0.15, -0.1) is 0 Å². The maximum absolute atomic E-state index is 5.97. The van der Waals surface area contributed by atoms with E-state index in [9.17, 15) is 0 Å². The summed E-state index contributed by atoms with van der Waals surface area (Å²) in [5, 5.41) is 3.48. The average molecular weight is 290 g/mol. The Hall–Kier alpha value is -2.81. The molecular weight excluding hydrogens is 272 g/mol.